The second kappa shape index (κ2) is 4.93. The number of benzene rings is 2. The van der Waals surface area contributed by atoms with Gasteiger partial charge in [-0.15, -0.1) is 0 Å². The molecule has 1 atom stereocenters. The van der Waals surface area contributed by atoms with Crippen molar-refractivity contribution in [2.45, 2.75) is 19.9 Å². The fourth-order valence-electron chi connectivity index (χ4n) is 3.04. The molecule has 2 heterocycles. The lowest BCUT2D eigenvalue weighted by molar-refractivity contribution is 0.445. The second-order valence-electron chi connectivity index (χ2n) is 5.92. The van der Waals surface area contributed by atoms with Crippen molar-refractivity contribution < 1.29 is 0 Å². The molecule has 0 spiro atoms. The van der Waals surface area contributed by atoms with Crippen molar-refractivity contribution in [1.82, 2.24) is 4.90 Å². The summed E-state index contributed by atoms with van der Waals surface area (Å²) >= 11 is 0. The van der Waals surface area contributed by atoms with Crippen molar-refractivity contribution in [2.75, 3.05) is 0 Å². The Morgan fingerprint density at radius 1 is 0.909 bits per heavy atom. The molecular weight excluding hydrogens is 266 g/mol. The molecule has 0 aromatic heterocycles. The van der Waals surface area contributed by atoms with Crippen molar-refractivity contribution in [3.8, 4) is 23.1 Å². The Morgan fingerprint density at radius 3 is 2.55 bits per heavy atom. The third kappa shape index (κ3) is 2.05. The fraction of sp³-hybridized carbons (Fsp3) is 0.143. The minimum absolute atomic E-state index is 0.226. The second-order valence-corrected chi connectivity index (χ2v) is 5.92. The molecule has 2 aliphatic rings. The SMILES string of the molecule is CC1=CC2c3cc(-c4ccccc4)ccc3C#CN2C=C1C. The third-order valence-corrected chi connectivity index (χ3v) is 4.46. The van der Waals surface area contributed by atoms with E-state index < -0.39 is 0 Å². The van der Waals surface area contributed by atoms with Crippen molar-refractivity contribution in [3.63, 3.8) is 0 Å². The smallest absolute Gasteiger partial charge is 0.0868 e. The number of hydrogen-bond donors (Lipinski definition) is 0. The highest BCUT2D eigenvalue weighted by atomic mass is 15.1. The molecule has 0 bridgehead atoms. The minimum Gasteiger partial charge on any atom is -0.297 e. The van der Waals surface area contributed by atoms with E-state index >= 15 is 0 Å². The molecule has 1 heteroatoms. The number of rotatable bonds is 1. The normalized spacial score (nSPS) is 18.5. The highest BCUT2D eigenvalue weighted by Gasteiger charge is 2.24. The summed E-state index contributed by atoms with van der Waals surface area (Å²) in [5.74, 6) is 3.28. The topological polar surface area (TPSA) is 3.24 Å². The maximum atomic E-state index is 3.28. The van der Waals surface area contributed by atoms with Gasteiger partial charge in [0.2, 0.25) is 0 Å². The lowest BCUT2D eigenvalue weighted by atomic mass is 9.89. The van der Waals surface area contributed by atoms with Crippen molar-refractivity contribution >= 4 is 0 Å². The first-order chi connectivity index (χ1) is 10.7. The van der Waals surface area contributed by atoms with Crippen LogP contribution in [0.1, 0.15) is 31.0 Å². The van der Waals surface area contributed by atoms with E-state index in [0.29, 0.717) is 0 Å². The van der Waals surface area contributed by atoms with Gasteiger partial charge in [-0.2, -0.15) is 0 Å². The van der Waals surface area contributed by atoms with E-state index in [1.165, 1.54) is 27.8 Å². The standard InChI is InChI=1S/C21H17N/c1-15-12-21-20-13-19(17-6-4-3-5-7-17)9-8-18(20)10-11-22(21)14-16(15)2/h3-9,12-14,21H,1-2H3. The molecule has 22 heavy (non-hydrogen) atoms. The Morgan fingerprint density at radius 2 is 1.73 bits per heavy atom. The van der Waals surface area contributed by atoms with E-state index in [-0.39, 0.29) is 6.04 Å². The molecule has 0 aliphatic carbocycles. The maximum absolute atomic E-state index is 3.28. The first-order valence-electron chi connectivity index (χ1n) is 7.59. The molecule has 0 saturated heterocycles. The maximum Gasteiger partial charge on any atom is 0.0868 e. The van der Waals surface area contributed by atoms with Crippen LogP contribution in [0.15, 0.2) is 72.0 Å². The first kappa shape index (κ1) is 13.0. The predicted octanol–water partition coefficient (Wildman–Crippen LogP) is 4.88. The van der Waals surface area contributed by atoms with Crippen LogP contribution >= 0.6 is 0 Å². The van der Waals surface area contributed by atoms with Crippen molar-refractivity contribution in [3.05, 3.63) is 83.1 Å². The Kier molecular flexibility index (Phi) is 2.91. The monoisotopic (exact) mass is 283 g/mol. The molecular formula is C21H17N. The summed E-state index contributed by atoms with van der Waals surface area (Å²) in [6, 6.07) is 20.6. The van der Waals surface area contributed by atoms with Crippen LogP contribution in [0.25, 0.3) is 11.1 Å². The van der Waals surface area contributed by atoms with Gasteiger partial charge < -0.3 is 0 Å². The van der Waals surface area contributed by atoms with Gasteiger partial charge in [-0.05, 0) is 59.7 Å². The summed E-state index contributed by atoms with van der Waals surface area (Å²) in [5.41, 5.74) is 7.55. The number of nitrogens with zero attached hydrogens (tertiary/aromatic N) is 1. The molecule has 0 N–H and O–H groups in total. The van der Waals surface area contributed by atoms with Gasteiger partial charge in [0.25, 0.3) is 0 Å². The molecule has 0 saturated carbocycles. The van der Waals surface area contributed by atoms with Crippen LogP contribution in [-0.2, 0) is 0 Å². The fourth-order valence-corrected chi connectivity index (χ4v) is 3.04. The molecule has 106 valence electrons. The largest absolute Gasteiger partial charge is 0.297 e. The molecule has 1 unspecified atom stereocenters. The summed E-state index contributed by atoms with van der Waals surface area (Å²) in [4.78, 5) is 2.12. The Labute approximate surface area is 131 Å². The van der Waals surface area contributed by atoms with Gasteiger partial charge in [-0.3, -0.25) is 4.90 Å². The van der Waals surface area contributed by atoms with E-state index in [1.807, 2.05) is 0 Å². The quantitative estimate of drug-likeness (QED) is 0.674. The third-order valence-electron chi connectivity index (χ3n) is 4.46. The first-order valence-corrected chi connectivity index (χ1v) is 7.59. The van der Waals surface area contributed by atoms with E-state index in [0.717, 1.165) is 5.56 Å². The van der Waals surface area contributed by atoms with E-state index in [1.54, 1.807) is 0 Å². The van der Waals surface area contributed by atoms with Gasteiger partial charge in [-0.1, -0.05) is 42.5 Å². The Balaban J connectivity index is 1.84. The van der Waals surface area contributed by atoms with Gasteiger partial charge in [-0.25, -0.2) is 0 Å². The van der Waals surface area contributed by atoms with Crippen LogP contribution < -0.4 is 0 Å². The van der Waals surface area contributed by atoms with Gasteiger partial charge >= 0.3 is 0 Å². The number of fused-ring (bicyclic) bond motifs is 3. The zero-order valence-corrected chi connectivity index (χ0v) is 12.8. The van der Waals surface area contributed by atoms with Crippen LogP contribution in [0.5, 0.6) is 0 Å². The number of hydrogen-bond acceptors (Lipinski definition) is 1. The van der Waals surface area contributed by atoms with E-state index in [9.17, 15) is 0 Å². The van der Waals surface area contributed by atoms with Crippen molar-refractivity contribution in [2.24, 2.45) is 0 Å². The molecule has 2 aliphatic heterocycles. The summed E-state index contributed by atoms with van der Waals surface area (Å²) < 4.78 is 0. The van der Waals surface area contributed by atoms with Crippen LogP contribution in [-0.4, -0.2) is 4.90 Å². The number of allylic oxidation sites excluding steroid dienone is 2. The average molecular weight is 283 g/mol. The van der Waals surface area contributed by atoms with Crippen LogP contribution in [0.4, 0.5) is 0 Å². The molecule has 0 amide bonds. The molecule has 0 fully saturated rings. The minimum atomic E-state index is 0.226. The van der Waals surface area contributed by atoms with Gasteiger partial charge in [0.15, 0.2) is 0 Å². The summed E-state index contributed by atoms with van der Waals surface area (Å²) in [6.07, 6.45) is 4.47. The lowest BCUT2D eigenvalue weighted by Gasteiger charge is -2.31. The summed E-state index contributed by atoms with van der Waals surface area (Å²) in [6.45, 7) is 4.31. The van der Waals surface area contributed by atoms with Crippen LogP contribution in [0.2, 0.25) is 0 Å². The van der Waals surface area contributed by atoms with Crippen molar-refractivity contribution in [1.29, 1.82) is 0 Å². The van der Waals surface area contributed by atoms with Crippen LogP contribution in [0, 0.1) is 12.0 Å². The zero-order valence-electron chi connectivity index (χ0n) is 12.8. The van der Waals surface area contributed by atoms with Gasteiger partial charge in [0.1, 0.15) is 0 Å². The summed E-state index contributed by atoms with van der Waals surface area (Å²) in [5, 5.41) is 0. The summed E-state index contributed by atoms with van der Waals surface area (Å²) in [7, 11) is 0. The van der Waals surface area contributed by atoms with Gasteiger partial charge in [0, 0.05) is 17.8 Å². The molecule has 4 rings (SSSR count). The Hall–Kier alpha value is -2.72. The lowest BCUT2D eigenvalue weighted by Crippen LogP contribution is -2.24. The molecule has 2 aromatic rings. The molecule has 1 nitrogen and oxygen atoms in total. The highest BCUT2D eigenvalue weighted by molar-refractivity contribution is 5.67. The zero-order chi connectivity index (χ0) is 15.1. The Bertz CT molecular complexity index is 860. The van der Waals surface area contributed by atoms with Crippen LogP contribution in [0.3, 0.4) is 0 Å². The van der Waals surface area contributed by atoms with E-state index in [2.05, 4.69) is 91.5 Å². The molecule has 2 aromatic carbocycles. The van der Waals surface area contributed by atoms with E-state index in [4.69, 9.17) is 0 Å². The van der Waals surface area contributed by atoms with Gasteiger partial charge in [0.05, 0.1) is 6.04 Å². The predicted molar refractivity (Wildman–Crippen MR) is 90.9 cm³/mol. The average Bonchev–Trinajstić information content (AvgIpc) is 2.56. The highest BCUT2D eigenvalue weighted by Crippen LogP contribution is 2.36. The molecule has 0 radical (unpaired) electrons.